The zero-order valence-corrected chi connectivity index (χ0v) is 15.5. The molecule has 2 unspecified atom stereocenters. The maximum atomic E-state index is 12.8. The molecular formula is C22H25N3O2. The molecule has 0 bridgehead atoms. The highest BCUT2D eigenvalue weighted by Crippen LogP contribution is 2.28. The summed E-state index contributed by atoms with van der Waals surface area (Å²) in [7, 11) is 0. The first-order valence-electron chi connectivity index (χ1n) is 9.64. The third kappa shape index (κ3) is 4.19. The zero-order chi connectivity index (χ0) is 18.8. The minimum Gasteiger partial charge on any atom is -0.352 e. The molecule has 0 saturated heterocycles. The number of carbonyl (C=O) groups excluding carboxylic acids is 2. The van der Waals surface area contributed by atoms with Gasteiger partial charge in [-0.05, 0) is 48.9 Å². The molecule has 1 aliphatic heterocycles. The van der Waals surface area contributed by atoms with Crippen molar-refractivity contribution in [1.29, 1.82) is 0 Å². The molecule has 1 aliphatic carbocycles. The van der Waals surface area contributed by atoms with Gasteiger partial charge in [0, 0.05) is 24.2 Å². The lowest BCUT2D eigenvalue weighted by Gasteiger charge is -2.25. The van der Waals surface area contributed by atoms with E-state index < -0.39 is 6.04 Å². The van der Waals surface area contributed by atoms with Crippen LogP contribution in [0.1, 0.15) is 55.0 Å². The number of fused-ring (bicyclic) bond motifs is 1. The van der Waals surface area contributed by atoms with Crippen LogP contribution in [0.25, 0.3) is 0 Å². The molecule has 3 N–H and O–H groups in total. The monoisotopic (exact) mass is 363 g/mol. The van der Waals surface area contributed by atoms with E-state index in [1.807, 2.05) is 42.5 Å². The van der Waals surface area contributed by atoms with Crippen molar-refractivity contribution in [3.05, 3.63) is 65.2 Å². The van der Waals surface area contributed by atoms with Gasteiger partial charge in [0.05, 0.1) is 0 Å². The second-order valence-corrected chi connectivity index (χ2v) is 7.48. The maximum absolute atomic E-state index is 12.8. The number of carbonyl (C=O) groups is 2. The molecule has 2 aliphatic rings. The predicted octanol–water partition coefficient (Wildman–Crippen LogP) is 3.24. The van der Waals surface area contributed by atoms with Gasteiger partial charge in [-0.2, -0.15) is 0 Å². The minimum atomic E-state index is -0.391. The number of rotatable bonds is 6. The largest absolute Gasteiger partial charge is 0.352 e. The Bertz CT molecular complexity index is 846. The summed E-state index contributed by atoms with van der Waals surface area (Å²) in [5.41, 5.74) is 4.13. The summed E-state index contributed by atoms with van der Waals surface area (Å²) in [6, 6.07) is 15.9. The average molecular weight is 363 g/mol. The molecule has 5 heteroatoms. The highest BCUT2D eigenvalue weighted by atomic mass is 16.2. The molecule has 2 amide bonds. The molecule has 0 radical (unpaired) electrons. The van der Waals surface area contributed by atoms with Crippen LogP contribution in [0.5, 0.6) is 0 Å². The molecule has 5 nitrogen and oxygen atoms in total. The van der Waals surface area contributed by atoms with E-state index in [2.05, 4.69) is 28.9 Å². The molecule has 2 aromatic carbocycles. The van der Waals surface area contributed by atoms with Crippen LogP contribution in [0.4, 0.5) is 5.69 Å². The van der Waals surface area contributed by atoms with E-state index in [-0.39, 0.29) is 17.9 Å². The lowest BCUT2D eigenvalue weighted by molar-refractivity contribution is -0.123. The third-order valence-corrected chi connectivity index (χ3v) is 5.26. The summed E-state index contributed by atoms with van der Waals surface area (Å²) in [4.78, 5) is 24.4. The molecule has 0 spiro atoms. The SMILES string of the molecule is CC(NC(C(=O)NC1CC1)c1ccccc1)c1ccc2c(c1)CCC(=O)N2. The van der Waals surface area contributed by atoms with Crippen molar-refractivity contribution in [2.45, 2.75) is 50.7 Å². The van der Waals surface area contributed by atoms with Crippen molar-refractivity contribution in [2.24, 2.45) is 0 Å². The number of benzene rings is 2. The normalized spacial score (nSPS) is 18.2. The van der Waals surface area contributed by atoms with Crippen molar-refractivity contribution in [3.8, 4) is 0 Å². The highest BCUT2D eigenvalue weighted by molar-refractivity contribution is 5.93. The lowest BCUT2D eigenvalue weighted by atomic mass is 9.96. The molecule has 1 heterocycles. The van der Waals surface area contributed by atoms with Crippen LogP contribution in [-0.4, -0.2) is 17.9 Å². The Balaban J connectivity index is 1.53. The Morgan fingerprint density at radius 3 is 2.59 bits per heavy atom. The van der Waals surface area contributed by atoms with E-state index in [9.17, 15) is 9.59 Å². The van der Waals surface area contributed by atoms with Gasteiger partial charge in [-0.3, -0.25) is 14.9 Å². The van der Waals surface area contributed by atoms with Gasteiger partial charge in [-0.15, -0.1) is 0 Å². The average Bonchev–Trinajstić information content (AvgIpc) is 3.50. The second-order valence-electron chi connectivity index (χ2n) is 7.48. The van der Waals surface area contributed by atoms with Gasteiger partial charge in [0.15, 0.2) is 0 Å². The van der Waals surface area contributed by atoms with Gasteiger partial charge in [0.25, 0.3) is 0 Å². The summed E-state index contributed by atoms with van der Waals surface area (Å²) in [5, 5.41) is 9.53. The van der Waals surface area contributed by atoms with Crippen LogP contribution in [0.3, 0.4) is 0 Å². The van der Waals surface area contributed by atoms with Crippen LogP contribution in [-0.2, 0) is 16.0 Å². The quantitative estimate of drug-likeness (QED) is 0.738. The molecule has 140 valence electrons. The molecule has 2 atom stereocenters. The summed E-state index contributed by atoms with van der Waals surface area (Å²) in [5.74, 6) is 0.100. The smallest absolute Gasteiger partial charge is 0.241 e. The molecule has 1 fully saturated rings. The summed E-state index contributed by atoms with van der Waals surface area (Å²) < 4.78 is 0. The van der Waals surface area contributed by atoms with Crippen molar-refractivity contribution < 1.29 is 9.59 Å². The number of anilines is 1. The van der Waals surface area contributed by atoms with Crippen molar-refractivity contribution in [2.75, 3.05) is 5.32 Å². The van der Waals surface area contributed by atoms with E-state index in [1.54, 1.807) is 0 Å². The van der Waals surface area contributed by atoms with Crippen molar-refractivity contribution >= 4 is 17.5 Å². The number of amides is 2. The Kier molecular flexibility index (Phi) is 4.94. The predicted molar refractivity (Wildman–Crippen MR) is 105 cm³/mol. The standard InChI is InChI=1S/C22H25N3O2/c1-14(16-7-11-19-17(13-16)8-12-20(26)25-19)23-21(15-5-3-2-4-6-15)22(27)24-18-9-10-18/h2-7,11,13-14,18,21,23H,8-10,12H2,1H3,(H,24,27)(H,25,26). The van der Waals surface area contributed by atoms with Gasteiger partial charge >= 0.3 is 0 Å². The Morgan fingerprint density at radius 2 is 1.85 bits per heavy atom. The van der Waals surface area contributed by atoms with Gasteiger partial charge in [0.2, 0.25) is 11.8 Å². The van der Waals surface area contributed by atoms with Gasteiger partial charge in [0.1, 0.15) is 6.04 Å². The Labute approximate surface area is 159 Å². The van der Waals surface area contributed by atoms with E-state index >= 15 is 0 Å². The molecule has 0 aromatic heterocycles. The van der Waals surface area contributed by atoms with Gasteiger partial charge in [-0.25, -0.2) is 0 Å². The Hall–Kier alpha value is -2.66. The van der Waals surface area contributed by atoms with Crippen molar-refractivity contribution in [1.82, 2.24) is 10.6 Å². The summed E-state index contributed by atoms with van der Waals surface area (Å²) >= 11 is 0. The molecule has 2 aromatic rings. The lowest BCUT2D eigenvalue weighted by Crippen LogP contribution is -2.39. The first-order valence-corrected chi connectivity index (χ1v) is 9.64. The summed E-state index contributed by atoms with van der Waals surface area (Å²) in [6.45, 7) is 2.07. The highest BCUT2D eigenvalue weighted by Gasteiger charge is 2.29. The molecule has 4 rings (SSSR count). The van der Waals surface area contributed by atoms with Gasteiger partial charge in [-0.1, -0.05) is 42.5 Å². The van der Waals surface area contributed by atoms with Crippen LogP contribution >= 0.6 is 0 Å². The maximum Gasteiger partial charge on any atom is 0.241 e. The fourth-order valence-corrected chi connectivity index (χ4v) is 3.50. The number of hydrogen-bond acceptors (Lipinski definition) is 3. The molecule has 27 heavy (non-hydrogen) atoms. The van der Waals surface area contributed by atoms with E-state index in [4.69, 9.17) is 0 Å². The van der Waals surface area contributed by atoms with Gasteiger partial charge < -0.3 is 10.6 Å². The third-order valence-electron chi connectivity index (χ3n) is 5.26. The van der Waals surface area contributed by atoms with Crippen molar-refractivity contribution in [3.63, 3.8) is 0 Å². The second kappa shape index (κ2) is 7.53. The van der Waals surface area contributed by atoms with E-state index in [1.165, 1.54) is 0 Å². The summed E-state index contributed by atoms with van der Waals surface area (Å²) in [6.07, 6.45) is 3.42. The minimum absolute atomic E-state index is 0.00286. The first kappa shape index (κ1) is 17.7. The zero-order valence-electron chi connectivity index (χ0n) is 15.5. The number of nitrogens with one attached hydrogen (secondary N) is 3. The van der Waals surface area contributed by atoms with E-state index in [0.29, 0.717) is 12.5 Å². The van der Waals surface area contributed by atoms with Crippen LogP contribution in [0.15, 0.2) is 48.5 Å². The Morgan fingerprint density at radius 1 is 1.07 bits per heavy atom. The fraction of sp³-hybridized carbons (Fsp3) is 0.364. The van der Waals surface area contributed by atoms with E-state index in [0.717, 1.165) is 41.6 Å². The molecule has 1 saturated carbocycles. The van der Waals surface area contributed by atoms with Crippen LogP contribution < -0.4 is 16.0 Å². The number of aryl methyl sites for hydroxylation is 1. The topological polar surface area (TPSA) is 70.2 Å². The first-order chi connectivity index (χ1) is 13.1. The number of hydrogen-bond donors (Lipinski definition) is 3. The fourth-order valence-electron chi connectivity index (χ4n) is 3.50. The van der Waals surface area contributed by atoms with Crippen LogP contribution in [0, 0.1) is 0 Å². The molecular weight excluding hydrogens is 338 g/mol. The van der Waals surface area contributed by atoms with Crippen LogP contribution in [0.2, 0.25) is 0 Å².